The van der Waals surface area contributed by atoms with Crippen LogP contribution in [0.3, 0.4) is 0 Å². The Morgan fingerprint density at radius 3 is 2.67 bits per heavy atom. The zero-order chi connectivity index (χ0) is 15.7. The quantitative estimate of drug-likeness (QED) is 0.476. The smallest absolute Gasteiger partial charge is 0.191 e. The van der Waals surface area contributed by atoms with Crippen molar-refractivity contribution in [2.24, 2.45) is 21.7 Å². The summed E-state index contributed by atoms with van der Waals surface area (Å²) >= 11 is 0. The largest absolute Gasteiger partial charge is 0.377 e. The molecular weight excluding hydrogens is 262 g/mol. The highest BCUT2D eigenvalue weighted by atomic mass is 16.5. The van der Waals surface area contributed by atoms with Crippen molar-refractivity contribution in [1.29, 1.82) is 0 Å². The molecule has 0 amide bonds. The van der Waals surface area contributed by atoms with Crippen LogP contribution in [0.5, 0.6) is 0 Å². The van der Waals surface area contributed by atoms with Crippen molar-refractivity contribution in [1.82, 2.24) is 10.6 Å². The fourth-order valence-electron chi connectivity index (χ4n) is 3.78. The van der Waals surface area contributed by atoms with Gasteiger partial charge in [-0.15, -0.1) is 0 Å². The highest BCUT2D eigenvalue weighted by Crippen LogP contribution is 2.52. The zero-order valence-corrected chi connectivity index (χ0v) is 14.6. The van der Waals surface area contributed by atoms with Crippen LogP contribution in [0.2, 0.25) is 0 Å². The van der Waals surface area contributed by atoms with Crippen LogP contribution in [0.25, 0.3) is 0 Å². The zero-order valence-electron chi connectivity index (χ0n) is 14.6. The topological polar surface area (TPSA) is 45.7 Å². The Kier molecular flexibility index (Phi) is 4.86. The third-order valence-corrected chi connectivity index (χ3v) is 5.01. The van der Waals surface area contributed by atoms with Crippen molar-refractivity contribution < 1.29 is 4.74 Å². The molecule has 0 aromatic heterocycles. The molecule has 1 saturated heterocycles. The summed E-state index contributed by atoms with van der Waals surface area (Å²) in [6, 6.07) is 0.471. The van der Waals surface area contributed by atoms with Gasteiger partial charge in [-0.2, -0.15) is 0 Å². The third-order valence-electron chi connectivity index (χ3n) is 5.01. The van der Waals surface area contributed by atoms with Crippen molar-refractivity contribution >= 4 is 5.96 Å². The highest BCUT2D eigenvalue weighted by molar-refractivity contribution is 5.80. The van der Waals surface area contributed by atoms with Crippen LogP contribution in [0.4, 0.5) is 0 Å². The number of ether oxygens (including phenoxy) is 1. The van der Waals surface area contributed by atoms with E-state index in [0.717, 1.165) is 19.1 Å². The van der Waals surface area contributed by atoms with Crippen molar-refractivity contribution in [3.63, 3.8) is 0 Å². The van der Waals surface area contributed by atoms with Gasteiger partial charge in [-0.1, -0.05) is 34.6 Å². The van der Waals surface area contributed by atoms with Crippen molar-refractivity contribution in [3.05, 3.63) is 0 Å². The molecule has 2 fully saturated rings. The van der Waals surface area contributed by atoms with Crippen LogP contribution in [0.15, 0.2) is 4.99 Å². The average Bonchev–Trinajstić information content (AvgIpc) is 2.83. The predicted octanol–water partition coefficient (Wildman–Crippen LogP) is 2.79. The summed E-state index contributed by atoms with van der Waals surface area (Å²) in [6.45, 7) is 13.4. The predicted molar refractivity (Wildman–Crippen MR) is 88.6 cm³/mol. The summed E-state index contributed by atoms with van der Waals surface area (Å²) in [5, 5.41) is 7.08. The summed E-state index contributed by atoms with van der Waals surface area (Å²) in [7, 11) is 1.85. The Morgan fingerprint density at radius 2 is 2.05 bits per heavy atom. The standard InChI is InChI=1S/C17H33N3O/c1-16(2,3)9-7-10-19-15(18-6)20-13-12-8-11-21-14(12)17(13,4)5/h12-14H,7-11H2,1-6H3,(H2,18,19,20). The van der Waals surface area contributed by atoms with Crippen LogP contribution in [0, 0.1) is 16.7 Å². The first-order chi connectivity index (χ1) is 9.75. The van der Waals surface area contributed by atoms with E-state index in [4.69, 9.17) is 4.74 Å². The third kappa shape index (κ3) is 3.71. The molecule has 0 aromatic rings. The first-order valence-corrected chi connectivity index (χ1v) is 8.34. The summed E-state index contributed by atoms with van der Waals surface area (Å²) in [5.41, 5.74) is 0.604. The van der Waals surface area contributed by atoms with Crippen LogP contribution in [0.1, 0.15) is 53.9 Å². The van der Waals surface area contributed by atoms with E-state index in [1.54, 1.807) is 0 Å². The number of nitrogens with zero attached hydrogens (tertiary/aromatic N) is 1. The van der Waals surface area contributed by atoms with Gasteiger partial charge in [0, 0.05) is 37.6 Å². The number of guanidine groups is 1. The van der Waals surface area contributed by atoms with E-state index in [2.05, 4.69) is 50.2 Å². The molecule has 0 aromatic carbocycles. The molecule has 21 heavy (non-hydrogen) atoms. The first kappa shape index (κ1) is 16.6. The van der Waals surface area contributed by atoms with Gasteiger partial charge in [-0.3, -0.25) is 4.99 Å². The lowest BCUT2D eigenvalue weighted by atomic mass is 9.57. The lowest BCUT2D eigenvalue weighted by Crippen LogP contribution is -2.67. The molecule has 1 aliphatic carbocycles. The maximum absolute atomic E-state index is 5.85. The molecule has 4 nitrogen and oxygen atoms in total. The molecule has 3 unspecified atom stereocenters. The summed E-state index contributed by atoms with van der Waals surface area (Å²) in [5.74, 6) is 1.58. The lowest BCUT2D eigenvalue weighted by Gasteiger charge is -2.54. The van der Waals surface area contributed by atoms with Crippen molar-refractivity contribution in [3.8, 4) is 0 Å². The van der Waals surface area contributed by atoms with Gasteiger partial charge in [-0.05, 0) is 24.7 Å². The number of hydrogen-bond acceptors (Lipinski definition) is 2. The van der Waals surface area contributed by atoms with Crippen LogP contribution < -0.4 is 10.6 Å². The van der Waals surface area contributed by atoms with E-state index in [9.17, 15) is 0 Å². The molecule has 122 valence electrons. The monoisotopic (exact) mass is 295 g/mol. The van der Waals surface area contributed by atoms with Crippen molar-refractivity contribution in [2.75, 3.05) is 20.2 Å². The van der Waals surface area contributed by atoms with E-state index in [1.165, 1.54) is 19.3 Å². The van der Waals surface area contributed by atoms with Crippen molar-refractivity contribution in [2.45, 2.75) is 66.0 Å². The summed E-state index contributed by atoms with van der Waals surface area (Å²) < 4.78 is 5.85. The second kappa shape index (κ2) is 6.15. The van der Waals surface area contributed by atoms with Gasteiger partial charge in [0.25, 0.3) is 0 Å². The molecule has 2 rings (SSSR count). The number of aliphatic imine (C=N–C) groups is 1. The van der Waals surface area contributed by atoms with E-state index >= 15 is 0 Å². The van der Waals surface area contributed by atoms with Crippen LogP contribution in [-0.2, 0) is 4.74 Å². The first-order valence-electron chi connectivity index (χ1n) is 8.34. The minimum atomic E-state index is 0.199. The van der Waals surface area contributed by atoms with Gasteiger partial charge < -0.3 is 15.4 Å². The molecule has 2 N–H and O–H groups in total. The SMILES string of the molecule is CN=C(NCCCC(C)(C)C)NC1C2CCOC2C1(C)C. The second-order valence-electron chi connectivity index (χ2n) is 8.35. The maximum atomic E-state index is 5.85. The molecule has 0 spiro atoms. The lowest BCUT2D eigenvalue weighted by molar-refractivity contribution is -0.106. The van der Waals surface area contributed by atoms with Gasteiger partial charge in [-0.25, -0.2) is 0 Å². The Hall–Kier alpha value is -0.770. The fraction of sp³-hybridized carbons (Fsp3) is 0.941. The molecule has 1 saturated carbocycles. The van der Waals surface area contributed by atoms with Gasteiger partial charge in [0.1, 0.15) is 0 Å². The number of fused-ring (bicyclic) bond motifs is 1. The molecular formula is C17H33N3O. The fourth-order valence-corrected chi connectivity index (χ4v) is 3.78. The Labute approximate surface area is 130 Å². The van der Waals surface area contributed by atoms with Gasteiger partial charge in [0.2, 0.25) is 0 Å². The molecule has 3 atom stereocenters. The minimum absolute atomic E-state index is 0.199. The highest BCUT2D eigenvalue weighted by Gasteiger charge is 2.59. The van der Waals surface area contributed by atoms with E-state index < -0.39 is 0 Å². The number of nitrogens with one attached hydrogen (secondary N) is 2. The maximum Gasteiger partial charge on any atom is 0.191 e. The Balaban J connectivity index is 1.78. The van der Waals surface area contributed by atoms with E-state index in [1.807, 2.05) is 7.05 Å². The van der Waals surface area contributed by atoms with Gasteiger partial charge in [0.05, 0.1) is 6.10 Å². The van der Waals surface area contributed by atoms with Gasteiger partial charge in [0.15, 0.2) is 5.96 Å². The van der Waals surface area contributed by atoms with E-state index in [0.29, 0.717) is 23.5 Å². The van der Waals surface area contributed by atoms with E-state index in [-0.39, 0.29) is 5.41 Å². The number of rotatable bonds is 4. The molecule has 0 bridgehead atoms. The average molecular weight is 295 g/mol. The summed E-state index contributed by atoms with van der Waals surface area (Å²) in [4.78, 5) is 4.38. The number of hydrogen-bond donors (Lipinski definition) is 2. The molecule has 2 aliphatic rings. The molecule has 0 radical (unpaired) electrons. The molecule has 1 heterocycles. The Morgan fingerprint density at radius 1 is 1.33 bits per heavy atom. The second-order valence-corrected chi connectivity index (χ2v) is 8.35. The molecule has 4 heteroatoms. The van der Waals surface area contributed by atoms with Crippen LogP contribution in [-0.4, -0.2) is 38.3 Å². The van der Waals surface area contributed by atoms with Gasteiger partial charge >= 0.3 is 0 Å². The van der Waals surface area contributed by atoms with Crippen LogP contribution >= 0.6 is 0 Å². The summed E-state index contributed by atoms with van der Waals surface area (Å²) in [6.07, 6.45) is 4.00. The molecule has 1 aliphatic heterocycles. The minimum Gasteiger partial charge on any atom is -0.377 e. The normalized spacial score (nSPS) is 31.5. The Bertz CT molecular complexity index is 384.